The quantitative estimate of drug-likeness (QED) is 0.670. The lowest BCUT2D eigenvalue weighted by Crippen LogP contribution is -2.32. The molecule has 1 atom stereocenters. The fraction of sp³-hybridized carbons (Fsp3) is 0.533. The van der Waals surface area contributed by atoms with Crippen LogP contribution in [-0.4, -0.2) is 31.9 Å². The molecule has 1 aromatic rings. The van der Waals surface area contributed by atoms with Gasteiger partial charge in [-0.05, 0) is 43.2 Å². The van der Waals surface area contributed by atoms with Gasteiger partial charge in [0.1, 0.15) is 0 Å². The Morgan fingerprint density at radius 2 is 1.95 bits per heavy atom. The van der Waals surface area contributed by atoms with Crippen LogP contribution in [0.3, 0.4) is 0 Å². The first-order chi connectivity index (χ1) is 10.3. The number of benzene rings is 1. The Labute approximate surface area is 137 Å². The molecule has 0 saturated heterocycles. The van der Waals surface area contributed by atoms with Crippen molar-refractivity contribution in [2.45, 2.75) is 43.3 Å². The van der Waals surface area contributed by atoms with Crippen LogP contribution in [0.15, 0.2) is 29.2 Å². The molecule has 0 bridgehead atoms. The maximum atomic E-state index is 11.9. The van der Waals surface area contributed by atoms with Crippen molar-refractivity contribution in [2.24, 2.45) is 5.14 Å². The molecule has 124 valence electrons. The number of unbranched alkanes of at least 4 members (excludes halogenated alkanes) is 1. The molecule has 0 fully saturated rings. The summed E-state index contributed by atoms with van der Waals surface area (Å²) in [6.07, 6.45) is 2.91. The van der Waals surface area contributed by atoms with E-state index in [1.165, 1.54) is 12.1 Å². The van der Waals surface area contributed by atoms with Crippen molar-refractivity contribution in [1.29, 1.82) is 0 Å². The number of amides is 1. The molecule has 1 unspecified atom stereocenters. The summed E-state index contributed by atoms with van der Waals surface area (Å²) in [5.74, 6) is 1.04. The summed E-state index contributed by atoms with van der Waals surface area (Å²) in [6.45, 7) is 4.58. The molecular weight excluding hydrogens is 320 g/mol. The zero-order chi connectivity index (χ0) is 16.6. The third kappa shape index (κ3) is 6.81. The Balaban J connectivity index is 2.36. The number of nitrogens with one attached hydrogen (secondary N) is 1. The number of hydrogen-bond acceptors (Lipinski definition) is 4. The van der Waals surface area contributed by atoms with Crippen LogP contribution in [0.4, 0.5) is 0 Å². The highest BCUT2D eigenvalue weighted by Gasteiger charge is 2.12. The minimum absolute atomic E-state index is 0.0438. The summed E-state index contributed by atoms with van der Waals surface area (Å²) in [5, 5.41) is 7.90. The highest BCUT2D eigenvalue weighted by molar-refractivity contribution is 8.00. The average molecular weight is 345 g/mol. The highest BCUT2D eigenvalue weighted by atomic mass is 32.2. The predicted molar refractivity (Wildman–Crippen MR) is 91.4 cm³/mol. The first-order valence-electron chi connectivity index (χ1n) is 7.35. The number of carbonyl (C=O) groups is 1. The second-order valence-corrected chi connectivity index (χ2v) is 8.11. The van der Waals surface area contributed by atoms with Gasteiger partial charge in [0.15, 0.2) is 0 Å². The number of hydrogen-bond donors (Lipinski definition) is 2. The molecule has 1 rings (SSSR count). The van der Waals surface area contributed by atoms with Gasteiger partial charge in [-0.1, -0.05) is 25.5 Å². The van der Waals surface area contributed by atoms with Gasteiger partial charge < -0.3 is 5.32 Å². The van der Waals surface area contributed by atoms with E-state index in [0.29, 0.717) is 13.0 Å². The first kappa shape index (κ1) is 19.0. The second kappa shape index (κ2) is 9.17. The molecule has 0 aliphatic rings. The number of sulfonamides is 1. The van der Waals surface area contributed by atoms with Gasteiger partial charge in [-0.2, -0.15) is 0 Å². The van der Waals surface area contributed by atoms with E-state index in [0.717, 1.165) is 24.2 Å². The van der Waals surface area contributed by atoms with Crippen LogP contribution in [0.2, 0.25) is 0 Å². The number of carbonyl (C=O) groups excluding carboxylic acids is 1. The Morgan fingerprint density at radius 1 is 1.32 bits per heavy atom. The Hall–Kier alpha value is -1.05. The van der Waals surface area contributed by atoms with Crippen LogP contribution in [-0.2, 0) is 21.2 Å². The predicted octanol–water partition coefficient (Wildman–Crippen LogP) is 1.91. The maximum absolute atomic E-state index is 11.9. The van der Waals surface area contributed by atoms with Crippen molar-refractivity contribution in [2.75, 3.05) is 12.3 Å². The number of primary sulfonamides is 1. The molecule has 0 aliphatic carbocycles. The van der Waals surface area contributed by atoms with Crippen LogP contribution >= 0.6 is 11.8 Å². The molecule has 0 heterocycles. The average Bonchev–Trinajstić information content (AvgIpc) is 2.47. The Morgan fingerprint density at radius 3 is 2.50 bits per heavy atom. The van der Waals surface area contributed by atoms with E-state index in [4.69, 9.17) is 5.14 Å². The Bertz CT molecular complexity index is 571. The van der Waals surface area contributed by atoms with Crippen molar-refractivity contribution in [3.8, 4) is 0 Å². The molecule has 0 spiro atoms. The maximum Gasteiger partial charge on any atom is 0.238 e. The van der Waals surface area contributed by atoms with Crippen molar-refractivity contribution in [3.63, 3.8) is 0 Å². The van der Waals surface area contributed by atoms with Crippen LogP contribution in [0.1, 0.15) is 32.3 Å². The molecule has 0 radical (unpaired) electrons. The topological polar surface area (TPSA) is 89.3 Å². The van der Waals surface area contributed by atoms with E-state index < -0.39 is 10.0 Å². The van der Waals surface area contributed by atoms with E-state index in [1.807, 2.05) is 6.92 Å². The highest BCUT2D eigenvalue weighted by Crippen LogP contribution is 2.13. The van der Waals surface area contributed by atoms with Gasteiger partial charge in [0, 0.05) is 6.54 Å². The van der Waals surface area contributed by atoms with Gasteiger partial charge in [-0.25, -0.2) is 13.6 Å². The lowest BCUT2D eigenvalue weighted by atomic mass is 10.1. The molecule has 1 aromatic carbocycles. The summed E-state index contributed by atoms with van der Waals surface area (Å²) in [5.41, 5.74) is 0.957. The largest absolute Gasteiger partial charge is 0.355 e. The SMILES string of the molecule is CCCCSC(C)C(=O)NCCc1ccc(S(N)(=O)=O)cc1. The smallest absolute Gasteiger partial charge is 0.238 e. The van der Waals surface area contributed by atoms with E-state index >= 15 is 0 Å². The summed E-state index contributed by atoms with van der Waals surface area (Å²) in [4.78, 5) is 12.0. The molecule has 1 amide bonds. The van der Waals surface area contributed by atoms with E-state index in [2.05, 4.69) is 12.2 Å². The molecule has 0 aliphatic heterocycles. The first-order valence-corrected chi connectivity index (χ1v) is 9.95. The van der Waals surface area contributed by atoms with Gasteiger partial charge >= 0.3 is 0 Å². The summed E-state index contributed by atoms with van der Waals surface area (Å²) >= 11 is 1.67. The standard InChI is InChI=1S/C15H24N2O3S2/c1-3-4-11-21-12(2)15(18)17-10-9-13-5-7-14(8-6-13)22(16,19)20/h5-8,12H,3-4,9-11H2,1-2H3,(H,17,18)(H2,16,19,20). The number of thioether (sulfide) groups is 1. The molecule has 0 aromatic heterocycles. The fourth-order valence-corrected chi connectivity index (χ4v) is 3.36. The molecule has 5 nitrogen and oxygen atoms in total. The normalized spacial score (nSPS) is 12.9. The molecule has 7 heteroatoms. The van der Waals surface area contributed by atoms with Gasteiger partial charge in [-0.15, -0.1) is 11.8 Å². The zero-order valence-corrected chi connectivity index (χ0v) is 14.7. The van der Waals surface area contributed by atoms with E-state index in [1.54, 1.807) is 23.9 Å². The van der Waals surface area contributed by atoms with E-state index in [9.17, 15) is 13.2 Å². The van der Waals surface area contributed by atoms with Crippen LogP contribution in [0.5, 0.6) is 0 Å². The summed E-state index contributed by atoms with van der Waals surface area (Å²) in [6, 6.07) is 6.39. The zero-order valence-electron chi connectivity index (χ0n) is 13.0. The van der Waals surface area contributed by atoms with Gasteiger partial charge in [0.05, 0.1) is 10.1 Å². The van der Waals surface area contributed by atoms with Gasteiger partial charge in [-0.3, -0.25) is 4.79 Å². The molecule has 22 heavy (non-hydrogen) atoms. The second-order valence-electron chi connectivity index (χ2n) is 5.10. The van der Waals surface area contributed by atoms with E-state index in [-0.39, 0.29) is 16.1 Å². The Kier molecular flexibility index (Phi) is 7.92. The van der Waals surface area contributed by atoms with Crippen molar-refractivity contribution in [3.05, 3.63) is 29.8 Å². The fourth-order valence-electron chi connectivity index (χ4n) is 1.80. The number of rotatable bonds is 9. The summed E-state index contributed by atoms with van der Waals surface area (Å²) < 4.78 is 22.3. The van der Waals surface area contributed by atoms with Crippen molar-refractivity contribution in [1.82, 2.24) is 5.32 Å². The monoisotopic (exact) mass is 344 g/mol. The minimum Gasteiger partial charge on any atom is -0.355 e. The number of nitrogens with two attached hydrogens (primary N) is 1. The van der Waals surface area contributed by atoms with Crippen LogP contribution in [0, 0.1) is 0 Å². The van der Waals surface area contributed by atoms with Gasteiger partial charge in [0.2, 0.25) is 15.9 Å². The third-order valence-corrected chi connectivity index (χ3v) is 5.37. The third-order valence-electron chi connectivity index (χ3n) is 3.20. The molecule has 0 saturated carbocycles. The summed E-state index contributed by atoms with van der Waals surface area (Å²) in [7, 11) is -3.65. The molecular formula is C15H24N2O3S2. The molecule has 3 N–H and O–H groups in total. The van der Waals surface area contributed by atoms with Crippen molar-refractivity contribution >= 4 is 27.7 Å². The van der Waals surface area contributed by atoms with Crippen LogP contribution in [0.25, 0.3) is 0 Å². The lowest BCUT2D eigenvalue weighted by molar-refractivity contribution is -0.120. The van der Waals surface area contributed by atoms with Crippen LogP contribution < -0.4 is 10.5 Å². The van der Waals surface area contributed by atoms with Gasteiger partial charge in [0.25, 0.3) is 0 Å². The minimum atomic E-state index is -3.65. The van der Waals surface area contributed by atoms with Crippen molar-refractivity contribution < 1.29 is 13.2 Å². The lowest BCUT2D eigenvalue weighted by Gasteiger charge is -2.11.